The van der Waals surface area contributed by atoms with Crippen molar-refractivity contribution in [2.24, 2.45) is 5.73 Å². The summed E-state index contributed by atoms with van der Waals surface area (Å²) in [6, 6.07) is 10.1. The van der Waals surface area contributed by atoms with Crippen molar-refractivity contribution in [1.82, 2.24) is 0 Å². The molecule has 1 aliphatic rings. The minimum Gasteiger partial charge on any atom is -0.326 e. The summed E-state index contributed by atoms with van der Waals surface area (Å²) in [6.07, 6.45) is 1.72. The molecular formula is C16H18N2OS. The molecule has 3 nitrogen and oxygen atoms in total. The van der Waals surface area contributed by atoms with Crippen molar-refractivity contribution >= 4 is 22.9 Å². The number of nitrogens with two attached hydrogens (primary N) is 1. The van der Waals surface area contributed by atoms with Gasteiger partial charge in [0.05, 0.1) is 4.88 Å². The second kappa shape index (κ2) is 5.38. The number of anilines is 1. The van der Waals surface area contributed by atoms with Gasteiger partial charge in [-0.3, -0.25) is 4.79 Å². The molecule has 0 bridgehead atoms. The van der Waals surface area contributed by atoms with Crippen molar-refractivity contribution in [1.29, 1.82) is 0 Å². The van der Waals surface area contributed by atoms with E-state index >= 15 is 0 Å². The lowest BCUT2D eigenvalue weighted by Gasteiger charge is -2.33. The number of aryl methyl sites for hydroxylation is 1. The summed E-state index contributed by atoms with van der Waals surface area (Å²) >= 11 is 1.52. The van der Waals surface area contributed by atoms with Crippen molar-refractivity contribution in [3.63, 3.8) is 0 Å². The minimum atomic E-state index is 0.0129. The van der Waals surface area contributed by atoms with Crippen LogP contribution in [0.15, 0.2) is 35.7 Å². The second-order valence-corrected chi connectivity index (χ2v) is 6.05. The van der Waals surface area contributed by atoms with Crippen LogP contribution in [0.2, 0.25) is 0 Å². The zero-order valence-corrected chi connectivity index (χ0v) is 12.3. The van der Waals surface area contributed by atoms with Crippen LogP contribution in [0.1, 0.15) is 27.7 Å². The normalized spacial score (nSPS) is 17.9. The van der Waals surface area contributed by atoms with Gasteiger partial charge >= 0.3 is 0 Å². The third-order valence-corrected chi connectivity index (χ3v) is 4.69. The van der Waals surface area contributed by atoms with E-state index in [4.69, 9.17) is 5.73 Å². The first-order chi connectivity index (χ1) is 9.70. The first-order valence-electron chi connectivity index (χ1n) is 6.92. The molecule has 0 saturated carbocycles. The zero-order chi connectivity index (χ0) is 14.1. The van der Waals surface area contributed by atoms with E-state index in [0.717, 1.165) is 34.5 Å². The summed E-state index contributed by atoms with van der Waals surface area (Å²) in [7, 11) is 0. The van der Waals surface area contributed by atoms with Crippen LogP contribution < -0.4 is 10.6 Å². The van der Waals surface area contributed by atoms with E-state index in [1.807, 2.05) is 34.5 Å². The Morgan fingerprint density at radius 2 is 2.20 bits per heavy atom. The molecule has 1 aliphatic heterocycles. The number of benzene rings is 1. The minimum absolute atomic E-state index is 0.0129. The van der Waals surface area contributed by atoms with Gasteiger partial charge in [-0.2, -0.15) is 0 Å². The summed E-state index contributed by atoms with van der Waals surface area (Å²) in [5, 5.41) is 1.99. The Bertz CT molecular complexity index is 635. The van der Waals surface area contributed by atoms with Gasteiger partial charge in [-0.25, -0.2) is 0 Å². The maximum atomic E-state index is 12.8. The van der Waals surface area contributed by atoms with E-state index in [9.17, 15) is 4.79 Å². The quantitative estimate of drug-likeness (QED) is 0.922. The number of amides is 1. The average Bonchev–Trinajstić information content (AvgIpc) is 2.94. The van der Waals surface area contributed by atoms with Gasteiger partial charge < -0.3 is 10.6 Å². The van der Waals surface area contributed by atoms with Crippen molar-refractivity contribution < 1.29 is 4.79 Å². The maximum absolute atomic E-state index is 12.8. The van der Waals surface area contributed by atoms with Crippen LogP contribution in [0, 0.1) is 0 Å². The predicted octanol–water partition coefficient (Wildman–Crippen LogP) is 2.84. The fourth-order valence-corrected chi connectivity index (χ4v) is 3.69. The Labute approximate surface area is 123 Å². The Hall–Kier alpha value is -1.65. The second-order valence-electron chi connectivity index (χ2n) is 5.14. The van der Waals surface area contributed by atoms with Crippen molar-refractivity contribution in [3.8, 4) is 0 Å². The number of carbonyl (C=O) groups is 1. The summed E-state index contributed by atoms with van der Waals surface area (Å²) in [5.74, 6) is 0.0828. The number of nitrogens with zero attached hydrogens (tertiary/aromatic N) is 1. The molecule has 1 aromatic heterocycles. The van der Waals surface area contributed by atoms with Crippen LogP contribution in [0.25, 0.3) is 0 Å². The number of carbonyl (C=O) groups excluding carboxylic acids is 1. The van der Waals surface area contributed by atoms with Gasteiger partial charge in [-0.05, 0) is 41.5 Å². The van der Waals surface area contributed by atoms with Crippen LogP contribution in [0.4, 0.5) is 5.69 Å². The lowest BCUT2D eigenvalue weighted by atomic mass is 9.98. The van der Waals surface area contributed by atoms with Gasteiger partial charge in [0.25, 0.3) is 5.91 Å². The highest BCUT2D eigenvalue weighted by Gasteiger charge is 2.28. The van der Waals surface area contributed by atoms with E-state index in [0.29, 0.717) is 6.54 Å². The van der Waals surface area contributed by atoms with Crippen molar-refractivity contribution in [2.45, 2.75) is 25.8 Å². The SMILES string of the molecule is CCc1ccsc1C(=O)N1CC(N)Cc2ccccc21. The first-order valence-corrected chi connectivity index (χ1v) is 7.80. The Balaban J connectivity index is 2.00. The molecule has 0 spiro atoms. The highest BCUT2D eigenvalue weighted by Crippen LogP contribution is 2.29. The lowest BCUT2D eigenvalue weighted by molar-refractivity contribution is 0.0986. The molecule has 0 fully saturated rings. The van der Waals surface area contributed by atoms with Gasteiger partial charge in [0.15, 0.2) is 0 Å². The molecule has 0 saturated heterocycles. The topological polar surface area (TPSA) is 46.3 Å². The van der Waals surface area contributed by atoms with Gasteiger partial charge in [0, 0.05) is 18.3 Å². The molecular weight excluding hydrogens is 268 g/mol. The van der Waals surface area contributed by atoms with Crippen LogP contribution in [0.3, 0.4) is 0 Å². The Morgan fingerprint density at radius 3 is 3.00 bits per heavy atom. The van der Waals surface area contributed by atoms with E-state index in [1.54, 1.807) is 0 Å². The van der Waals surface area contributed by atoms with E-state index in [-0.39, 0.29) is 11.9 Å². The molecule has 20 heavy (non-hydrogen) atoms. The van der Waals surface area contributed by atoms with Gasteiger partial charge in [-0.15, -0.1) is 11.3 Å². The van der Waals surface area contributed by atoms with Crippen LogP contribution in [-0.2, 0) is 12.8 Å². The summed E-state index contributed by atoms with van der Waals surface area (Å²) in [5.41, 5.74) is 9.40. The van der Waals surface area contributed by atoms with Crippen LogP contribution >= 0.6 is 11.3 Å². The fraction of sp³-hybridized carbons (Fsp3) is 0.312. The molecule has 1 unspecified atom stereocenters. The number of hydrogen-bond donors (Lipinski definition) is 1. The van der Waals surface area contributed by atoms with Gasteiger partial charge in [0.2, 0.25) is 0 Å². The van der Waals surface area contributed by atoms with E-state index < -0.39 is 0 Å². The Morgan fingerprint density at radius 1 is 1.40 bits per heavy atom. The lowest BCUT2D eigenvalue weighted by Crippen LogP contribution is -2.46. The largest absolute Gasteiger partial charge is 0.326 e. The van der Waals surface area contributed by atoms with E-state index in [1.165, 1.54) is 11.3 Å². The number of hydrogen-bond acceptors (Lipinski definition) is 3. The highest BCUT2D eigenvalue weighted by molar-refractivity contribution is 7.12. The van der Waals surface area contributed by atoms with Crippen LogP contribution in [-0.4, -0.2) is 18.5 Å². The molecule has 2 N–H and O–H groups in total. The van der Waals surface area contributed by atoms with Crippen molar-refractivity contribution in [3.05, 3.63) is 51.7 Å². The third kappa shape index (κ3) is 2.25. The molecule has 1 amide bonds. The average molecular weight is 286 g/mol. The van der Waals surface area contributed by atoms with E-state index in [2.05, 4.69) is 13.0 Å². The third-order valence-electron chi connectivity index (χ3n) is 3.75. The zero-order valence-electron chi connectivity index (χ0n) is 11.5. The number of para-hydroxylation sites is 1. The molecule has 1 aromatic carbocycles. The smallest absolute Gasteiger partial charge is 0.268 e. The molecule has 0 aliphatic carbocycles. The highest BCUT2D eigenvalue weighted by atomic mass is 32.1. The standard InChI is InChI=1S/C16H18N2OS/c1-2-11-7-8-20-15(11)16(19)18-10-13(17)9-12-5-3-4-6-14(12)18/h3-8,13H,2,9-10,17H2,1H3. The maximum Gasteiger partial charge on any atom is 0.268 e. The fourth-order valence-electron chi connectivity index (χ4n) is 2.74. The molecule has 3 rings (SSSR count). The number of rotatable bonds is 2. The summed E-state index contributed by atoms with van der Waals surface area (Å²) in [6.45, 7) is 2.67. The molecule has 2 heterocycles. The molecule has 0 radical (unpaired) electrons. The van der Waals surface area contributed by atoms with Crippen LogP contribution in [0.5, 0.6) is 0 Å². The monoisotopic (exact) mass is 286 g/mol. The Kier molecular flexibility index (Phi) is 3.59. The summed E-state index contributed by atoms with van der Waals surface area (Å²) < 4.78 is 0. The number of fused-ring (bicyclic) bond motifs is 1. The molecule has 4 heteroatoms. The number of thiophene rings is 1. The molecule has 104 valence electrons. The van der Waals surface area contributed by atoms with Gasteiger partial charge in [-0.1, -0.05) is 25.1 Å². The van der Waals surface area contributed by atoms with Gasteiger partial charge in [0.1, 0.15) is 0 Å². The predicted molar refractivity (Wildman–Crippen MR) is 83.5 cm³/mol. The summed E-state index contributed by atoms with van der Waals surface area (Å²) in [4.78, 5) is 15.5. The first kappa shape index (κ1) is 13.3. The molecule has 2 aromatic rings. The molecule has 1 atom stereocenters. The van der Waals surface area contributed by atoms with Crippen molar-refractivity contribution in [2.75, 3.05) is 11.4 Å².